The Balaban J connectivity index is 1.10. The molecule has 2 amide bonds. The molecular weight excluding hydrogens is 638 g/mol. The monoisotopic (exact) mass is 666 g/mol. The number of benzene rings is 2. The third kappa shape index (κ3) is 5.88. The number of nitrogens with zero attached hydrogens (tertiary/aromatic N) is 6. The molecule has 0 bridgehead atoms. The first kappa shape index (κ1) is 30.4. The van der Waals surface area contributed by atoms with Gasteiger partial charge in [-0.2, -0.15) is 5.10 Å². The SMILES string of the molecule is NC(O)c1nn(CC(=O)N2C[C@H](F)C[C@H]2C(=O)Nc2cccc(-c3ccccc3Cl)c2F)c2cc(Cn3cc(C4CC4)nn3)sc12. The Labute approximate surface area is 270 Å². The number of halogens is 3. The van der Waals surface area contributed by atoms with Crippen LogP contribution < -0.4 is 11.1 Å². The number of rotatable bonds is 9. The number of fused-ring (bicyclic) bond motifs is 1. The summed E-state index contributed by atoms with van der Waals surface area (Å²) in [5, 5.41) is 25.9. The van der Waals surface area contributed by atoms with Crippen LogP contribution in [0.3, 0.4) is 0 Å². The fourth-order valence-corrected chi connectivity index (χ4v) is 7.21. The molecular formula is C31H29ClF2N8O3S. The highest BCUT2D eigenvalue weighted by Gasteiger charge is 2.40. The third-order valence-electron chi connectivity index (χ3n) is 8.23. The Hall–Kier alpha value is -4.24. The Morgan fingerprint density at radius 3 is 2.72 bits per heavy atom. The average molecular weight is 667 g/mol. The lowest BCUT2D eigenvalue weighted by molar-refractivity contribution is -0.137. The van der Waals surface area contributed by atoms with Gasteiger partial charge in [0.05, 0.1) is 34.7 Å². The van der Waals surface area contributed by atoms with E-state index in [0.717, 1.165) is 28.3 Å². The van der Waals surface area contributed by atoms with Crippen molar-refractivity contribution in [1.29, 1.82) is 0 Å². The van der Waals surface area contributed by atoms with E-state index in [4.69, 9.17) is 17.3 Å². The highest BCUT2D eigenvalue weighted by Crippen LogP contribution is 2.39. The van der Waals surface area contributed by atoms with Crippen molar-refractivity contribution in [3.8, 4) is 11.1 Å². The van der Waals surface area contributed by atoms with Gasteiger partial charge in [0.15, 0.2) is 5.82 Å². The maximum absolute atomic E-state index is 15.5. The maximum atomic E-state index is 15.5. The molecule has 1 saturated heterocycles. The molecule has 1 aliphatic heterocycles. The van der Waals surface area contributed by atoms with Gasteiger partial charge < -0.3 is 21.1 Å². The molecule has 0 radical (unpaired) electrons. The molecule has 1 unspecified atom stereocenters. The van der Waals surface area contributed by atoms with Crippen molar-refractivity contribution in [2.75, 3.05) is 11.9 Å². The number of hydrogen-bond acceptors (Lipinski definition) is 8. The van der Waals surface area contributed by atoms with E-state index in [1.807, 2.05) is 12.3 Å². The Kier molecular flexibility index (Phi) is 8.05. The molecule has 7 rings (SSSR count). The Morgan fingerprint density at radius 1 is 1.17 bits per heavy atom. The van der Waals surface area contributed by atoms with Gasteiger partial charge in [0, 0.05) is 39.6 Å². The number of hydrogen-bond donors (Lipinski definition) is 3. The number of carbonyl (C=O) groups is 2. The second-order valence-electron chi connectivity index (χ2n) is 11.6. The molecule has 4 N–H and O–H groups in total. The van der Waals surface area contributed by atoms with Gasteiger partial charge in [0.25, 0.3) is 0 Å². The van der Waals surface area contributed by atoms with Crippen LogP contribution in [-0.4, -0.2) is 65.4 Å². The van der Waals surface area contributed by atoms with E-state index >= 15 is 4.39 Å². The van der Waals surface area contributed by atoms with Crippen LogP contribution in [-0.2, 0) is 22.7 Å². The number of nitrogens with two attached hydrogens (primary N) is 1. The summed E-state index contributed by atoms with van der Waals surface area (Å²) in [5.41, 5.74) is 8.04. The molecule has 2 aliphatic rings. The molecule has 238 valence electrons. The number of aliphatic hydroxyl groups excluding tert-OH is 1. The van der Waals surface area contributed by atoms with Gasteiger partial charge in [-0.3, -0.25) is 14.3 Å². The second-order valence-corrected chi connectivity index (χ2v) is 13.1. The molecule has 2 aromatic carbocycles. The zero-order valence-electron chi connectivity index (χ0n) is 24.3. The zero-order valence-corrected chi connectivity index (χ0v) is 25.9. The molecule has 1 saturated carbocycles. The number of thiophene rings is 1. The minimum atomic E-state index is -1.45. The molecule has 3 atom stereocenters. The van der Waals surface area contributed by atoms with Gasteiger partial charge >= 0.3 is 0 Å². The highest BCUT2D eigenvalue weighted by atomic mass is 35.5. The van der Waals surface area contributed by atoms with Gasteiger partial charge in [-0.25, -0.2) is 13.5 Å². The molecule has 0 spiro atoms. The summed E-state index contributed by atoms with van der Waals surface area (Å²) in [5.74, 6) is -1.52. The van der Waals surface area contributed by atoms with Crippen LogP contribution in [0.1, 0.15) is 47.7 Å². The van der Waals surface area contributed by atoms with E-state index in [-0.39, 0.29) is 36.5 Å². The van der Waals surface area contributed by atoms with Crippen molar-refractivity contribution in [2.45, 2.75) is 56.7 Å². The van der Waals surface area contributed by atoms with E-state index in [1.54, 1.807) is 41.1 Å². The first-order valence-corrected chi connectivity index (χ1v) is 16.0. The van der Waals surface area contributed by atoms with E-state index in [2.05, 4.69) is 20.7 Å². The lowest BCUT2D eigenvalue weighted by atomic mass is 10.0. The zero-order chi connectivity index (χ0) is 32.1. The Morgan fingerprint density at radius 2 is 1.96 bits per heavy atom. The molecule has 5 aromatic rings. The predicted molar refractivity (Wildman–Crippen MR) is 168 cm³/mol. The maximum Gasteiger partial charge on any atom is 0.247 e. The normalized spacial score (nSPS) is 18.8. The number of nitrogens with one attached hydrogen (secondary N) is 1. The molecule has 2 fully saturated rings. The quantitative estimate of drug-likeness (QED) is 0.195. The largest absolute Gasteiger partial charge is 0.373 e. The summed E-state index contributed by atoms with van der Waals surface area (Å²) < 4.78 is 34.0. The van der Waals surface area contributed by atoms with Crippen molar-refractivity contribution < 1.29 is 23.5 Å². The van der Waals surface area contributed by atoms with E-state index in [1.165, 1.54) is 22.1 Å². The van der Waals surface area contributed by atoms with Crippen molar-refractivity contribution in [3.63, 3.8) is 0 Å². The summed E-state index contributed by atoms with van der Waals surface area (Å²) in [6.07, 6.45) is 1.05. The predicted octanol–water partition coefficient (Wildman–Crippen LogP) is 4.60. The molecule has 4 heterocycles. The lowest BCUT2D eigenvalue weighted by Crippen LogP contribution is -2.44. The van der Waals surface area contributed by atoms with E-state index < -0.39 is 36.1 Å². The fraction of sp³-hybridized carbons (Fsp3) is 0.323. The summed E-state index contributed by atoms with van der Waals surface area (Å²) >= 11 is 7.63. The summed E-state index contributed by atoms with van der Waals surface area (Å²) in [7, 11) is 0. The van der Waals surface area contributed by atoms with Gasteiger partial charge in [0.1, 0.15) is 30.7 Å². The summed E-state index contributed by atoms with van der Waals surface area (Å²) in [6, 6.07) is 11.9. The number of carbonyl (C=O) groups excluding carboxylic acids is 2. The van der Waals surface area contributed by atoms with Crippen molar-refractivity contribution in [3.05, 3.63) is 81.8 Å². The topological polar surface area (TPSA) is 144 Å². The number of alkyl halides is 1. The number of likely N-dealkylation sites (tertiary alicyclic amines) is 1. The minimum Gasteiger partial charge on any atom is -0.373 e. The van der Waals surface area contributed by atoms with Crippen LogP contribution >= 0.6 is 22.9 Å². The van der Waals surface area contributed by atoms with Gasteiger partial charge in [-0.05, 0) is 31.0 Å². The first-order chi connectivity index (χ1) is 22.2. The van der Waals surface area contributed by atoms with Gasteiger partial charge in [-0.1, -0.05) is 47.1 Å². The van der Waals surface area contributed by atoms with Crippen LogP contribution in [0.15, 0.2) is 54.7 Å². The average Bonchev–Trinajstić information content (AvgIpc) is 3.30. The Bertz CT molecular complexity index is 1950. The standard InChI is InChI=1S/C31H29ClF2N8O3S/c32-21-6-2-1-4-19(21)20-5-3-7-22(27(20)34)36-31(45)25-10-17(33)12-41(25)26(43)15-42-24-11-18(46-29(24)28(38-42)30(35)44)13-40-14-23(37-39-40)16-8-9-16/h1-7,11,14,16-17,25,30,44H,8-10,12-13,15,35H2,(H,36,45)/t17-,25+,30?/m1/s1. The lowest BCUT2D eigenvalue weighted by Gasteiger charge is -2.24. The number of amides is 2. The van der Waals surface area contributed by atoms with E-state index in [0.29, 0.717) is 33.3 Å². The highest BCUT2D eigenvalue weighted by molar-refractivity contribution is 7.19. The third-order valence-corrected chi connectivity index (χ3v) is 9.69. The number of aliphatic hydroxyl groups is 1. The number of aromatic nitrogens is 5. The van der Waals surface area contributed by atoms with Crippen molar-refractivity contribution >= 4 is 50.7 Å². The van der Waals surface area contributed by atoms with Gasteiger partial charge in [0.2, 0.25) is 11.8 Å². The van der Waals surface area contributed by atoms with Crippen LogP contribution in [0.2, 0.25) is 5.02 Å². The molecule has 3 aromatic heterocycles. The van der Waals surface area contributed by atoms with Crippen molar-refractivity contribution in [1.82, 2.24) is 29.7 Å². The number of anilines is 1. The van der Waals surface area contributed by atoms with Crippen LogP contribution in [0.5, 0.6) is 0 Å². The van der Waals surface area contributed by atoms with Crippen LogP contribution in [0, 0.1) is 5.82 Å². The van der Waals surface area contributed by atoms with Gasteiger partial charge in [-0.15, -0.1) is 16.4 Å². The molecule has 15 heteroatoms. The molecule has 11 nitrogen and oxygen atoms in total. The van der Waals surface area contributed by atoms with Crippen LogP contribution in [0.4, 0.5) is 14.5 Å². The summed E-state index contributed by atoms with van der Waals surface area (Å²) in [6.45, 7) is -0.207. The second kappa shape index (κ2) is 12.2. The van der Waals surface area contributed by atoms with Crippen LogP contribution in [0.25, 0.3) is 21.3 Å². The van der Waals surface area contributed by atoms with E-state index in [9.17, 15) is 19.1 Å². The first-order valence-electron chi connectivity index (χ1n) is 14.8. The van der Waals surface area contributed by atoms with Crippen molar-refractivity contribution in [2.24, 2.45) is 5.73 Å². The fourth-order valence-electron chi connectivity index (χ4n) is 5.80. The smallest absolute Gasteiger partial charge is 0.247 e. The minimum absolute atomic E-state index is 0.116. The molecule has 1 aliphatic carbocycles. The molecule has 46 heavy (non-hydrogen) atoms. The summed E-state index contributed by atoms with van der Waals surface area (Å²) in [4.78, 5) is 29.0.